The van der Waals surface area contributed by atoms with Gasteiger partial charge in [0.2, 0.25) is 0 Å². The van der Waals surface area contributed by atoms with Crippen molar-refractivity contribution in [2.24, 2.45) is 5.73 Å². The average Bonchev–Trinajstić information content (AvgIpc) is 2.47. The van der Waals surface area contributed by atoms with Crippen molar-refractivity contribution >= 4 is 11.0 Å². The first-order chi connectivity index (χ1) is 6.22. The Bertz CT molecular complexity index is 443. The van der Waals surface area contributed by atoms with Gasteiger partial charge in [-0.1, -0.05) is 6.07 Å². The molecule has 0 saturated heterocycles. The summed E-state index contributed by atoms with van der Waals surface area (Å²) in [5.74, 6) is 0. The van der Waals surface area contributed by atoms with Gasteiger partial charge in [-0.25, -0.2) is 0 Å². The molecule has 1 aromatic heterocycles. The number of fused-ring (bicyclic) bond motifs is 1. The van der Waals surface area contributed by atoms with Gasteiger partial charge in [-0.2, -0.15) is 0 Å². The number of furan rings is 1. The number of rotatable bonds is 1. The van der Waals surface area contributed by atoms with E-state index in [1.54, 1.807) is 6.26 Å². The number of aryl methyl sites for hydroxylation is 2. The fraction of sp³-hybridized carbons (Fsp3) is 0.273. The summed E-state index contributed by atoms with van der Waals surface area (Å²) in [4.78, 5) is 0. The van der Waals surface area contributed by atoms with E-state index < -0.39 is 0 Å². The van der Waals surface area contributed by atoms with Crippen LogP contribution in [-0.2, 0) is 6.54 Å². The van der Waals surface area contributed by atoms with E-state index in [1.165, 1.54) is 16.5 Å². The molecule has 0 spiro atoms. The molecular formula is C11H13NO. The van der Waals surface area contributed by atoms with Gasteiger partial charge in [-0.15, -0.1) is 0 Å². The fourth-order valence-corrected chi connectivity index (χ4v) is 1.78. The van der Waals surface area contributed by atoms with Gasteiger partial charge in [0.1, 0.15) is 5.58 Å². The second-order valence-corrected chi connectivity index (χ2v) is 3.42. The molecule has 0 bridgehead atoms. The molecule has 13 heavy (non-hydrogen) atoms. The topological polar surface area (TPSA) is 39.2 Å². The Balaban J connectivity index is 2.82. The maximum atomic E-state index is 5.61. The van der Waals surface area contributed by atoms with Crippen LogP contribution in [0.5, 0.6) is 0 Å². The summed E-state index contributed by atoms with van der Waals surface area (Å²) in [7, 11) is 0. The monoisotopic (exact) mass is 175 g/mol. The van der Waals surface area contributed by atoms with Crippen LogP contribution in [0.15, 0.2) is 22.8 Å². The Morgan fingerprint density at radius 2 is 2.08 bits per heavy atom. The van der Waals surface area contributed by atoms with E-state index in [0.29, 0.717) is 6.54 Å². The molecule has 2 aromatic rings. The van der Waals surface area contributed by atoms with Gasteiger partial charge in [0.05, 0.1) is 6.26 Å². The molecule has 1 heterocycles. The maximum absolute atomic E-state index is 5.61. The van der Waals surface area contributed by atoms with E-state index in [4.69, 9.17) is 10.2 Å². The highest BCUT2D eigenvalue weighted by Crippen LogP contribution is 2.25. The van der Waals surface area contributed by atoms with Gasteiger partial charge in [0.15, 0.2) is 0 Å². The third-order valence-electron chi connectivity index (χ3n) is 2.31. The minimum atomic E-state index is 0.539. The number of hydrogen-bond acceptors (Lipinski definition) is 2. The Morgan fingerprint density at radius 1 is 1.31 bits per heavy atom. The van der Waals surface area contributed by atoms with E-state index in [-0.39, 0.29) is 0 Å². The molecule has 0 aliphatic heterocycles. The van der Waals surface area contributed by atoms with Crippen LogP contribution in [0.4, 0.5) is 0 Å². The minimum Gasteiger partial charge on any atom is -0.464 e. The van der Waals surface area contributed by atoms with Crippen LogP contribution in [0, 0.1) is 13.8 Å². The Labute approximate surface area is 77.3 Å². The van der Waals surface area contributed by atoms with E-state index in [0.717, 1.165) is 11.1 Å². The summed E-state index contributed by atoms with van der Waals surface area (Å²) in [6.07, 6.45) is 1.75. The average molecular weight is 175 g/mol. The predicted octanol–water partition coefficient (Wildman–Crippen LogP) is 2.51. The summed E-state index contributed by atoms with van der Waals surface area (Å²) < 4.78 is 5.42. The predicted molar refractivity (Wildman–Crippen MR) is 53.6 cm³/mol. The summed E-state index contributed by atoms with van der Waals surface area (Å²) in [5.41, 5.74) is 10.1. The lowest BCUT2D eigenvalue weighted by Gasteiger charge is -1.99. The summed E-state index contributed by atoms with van der Waals surface area (Å²) in [5, 5.41) is 1.17. The van der Waals surface area contributed by atoms with Gasteiger partial charge in [-0.05, 0) is 31.0 Å². The summed E-state index contributed by atoms with van der Waals surface area (Å²) in [6.45, 7) is 4.69. The van der Waals surface area contributed by atoms with Crippen molar-refractivity contribution in [2.75, 3.05) is 0 Å². The summed E-state index contributed by atoms with van der Waals surface area (Å²) >= 11 is 0. The number of benzene rings is 1. The van der Waals surface area contributed by atoms with Gasteiger partial charge in [-0.3, -0.25) is 0 Å². The highest BCUT2D eigenvalue weighted by Gasteiger charge is 2.07. The molecule has 68 valence electrons. The van der Waals surface area contributed by atoms with E-state index >= 15 is 0 Å². The second kappa shape index (κ2) is 2.89. The minimum absolute atomic E-state index is 0.539. The molecular weight excluding hydrogens is 162 g/mol. The van der Waals surface area contributed by atoms with Crippen molar-refractivity contribution in [3.05, 3.63) is 35.1 Å². The van der Waals surface area contributed by atoms with Crippen molar-refractivity contribution in [2.45, 2.75) is 20.4 Å². The Hall–Kier alpha value is -1.28. The highest BCUT2D eigenvalue weighted by molar-refractivity contribution is 5.85. The maximum Gasteiger partial charge on any atom is 0.134 e. The standard InChI is InChI=1S/C11H13NO/c1-7-3-8(2)11-9(5-12)6-13-10(11)4-7/h3-4,6H,5,12H2,1-2H3. The fourth-order valence-electron chi connectivity index (χ4n) is 1.78. The van der Waals surface area contributed by atoms with E-state index in [2.05, 4.69) is 19.9 Å². The van der Waals surface area contributed by atoms with E-state index in [1.807, 2.05) is 6.07 Å². The van der Waals surface area contributed by atoms with Crippen molar-refractivity contribution < 1.29 is 4.42 Å². The molecule has 2 nitrogen and oxygen atoms in total. The zero-order chi connectivity index (χ0) is 9.42. The molecule has 0 saturated carbocycles. The molecule has 2 rings (SSSR count). The van der Waals surface area contributed by atoms with E-state index in [9.17, 15) is 0 Å². The first kappa shape index (κ1) is 8.32. The molecule has 1 aromatic carbocycles. The van der Waals surface area contributed by atoms with Crippen LogP contribution in [0.1, 0.15) is 16.7 Å². The number of nitrogens with two attached hydrogens (primary N) is 1. The molecule has 2 heteroatoms. The zero-order valence-electron chi connectivity index (χ0n) is 7.92. The number of hydrogen-bond donors (Lipinski definition) is 1. The van der Waals surface area contributed by atoms with Crippen LogP contribution >= 0.6 is 0 Å². The van der Waals surface area contributed by atoms with Crippen molar-refractivity contribution in [1.29, 1.82) is 0 Å². The van der Waals surface area contributed by atoms with Gasteiger partial charge >= 0.3 is 0 Å². The lowest BCUT2D eigenvalue weighted by molar-refractivity contribution is 0.610. The van der Waals surface area contributed by atoms with Crippen molar-refractivity contribution in [3.63, 3.8) is 0 Å². The molecule has 0 aliphatic rings. The van der Waals surface area contributed by atoms with Crippen LogP contribution in [0.3, 0.4) is 0 Å². The summed E-state index contributed by atoms with van der Waals surface area (Å²) in [6, 6.07) is 4.19. The van der Waals surface area contributed by atoms with Gasteiger partial charge in [0, 0.05) is 17.5 Å². The zero-order valence-corrected chi connectivity index (χ0v) is 7.92. The van der Waals surface area contributed by atoms with Gasteiger partial charge in [0.25, 0.3) is 0 Å². The molecule has 0 aliphatic carbocycles. The van der Waals surface area contributed by atoms with Crippen molar-refractivity contribution in [1.82, 2.24) is 0 Å². The lowest BCUT2D eigenvalue weighted by Crippen LogP contribution is -1.95. The first-order valence-corrected chi connectivity index (χ1v) is 4.40. The van der Waals surface area contributed by atoms with Crippen molar-refractivity contribution in [3.8, 4) is 0 Å². The molecule has 0 radical (unpaired) electrons. The first-order valence-electron chi connectivity index (χ1n) is 4.40. The quantitative estimate of drug-likeness (QED) is 0.723. The van der Waals surface area contributed by atoms with Crippen LogP contribution < -0.4 is 5.73 Å². The molecule has 0 atom stereocenters. The second-order valence-electron chi connectivity index (χ2n) is 3.42. The molecule has 0 fully saturated rings. The molecule has 0 amide bonds. The lowest BCUT2D eigenvalue weighted by atomic mass is 10.1. The molecule has 2 N–H and O–H groups in total. The van der Waals surface area contributed by atoms with Crippen LogP contribution in [-0.4, -0.2) is 0 Å². The highest BCUT2D eigenvalue weighted by atomic mass is 16.3. The Morgan fingerprint density at radius 3 is 2.77 bits per heavy atom. The third-order valence-corrected chi connectivity index (χ3v) is 2.31. The largest absolute Gasteiger partial charge is 0.464 e. The molecule has 0 unspecified atom stereocenters. The van der Waals surface area contributed by atoms with Crippen LogP contribution in [0.2, 0.25) is 0 Å². The Kier molecular flexibility index (Phi) is 1.85. The SMILES string of the molecule is Cc1cc(C)c2c(CN)coc2c1. The van der Waals surface area contributed by atoms with Gasteiger partial charge < -0.3 is 10.2 Å². The smallest absolute Gasteiger partial charge is 0.134 e. The van der Waals surface area contributed by atoms with Crippen LogP contribution in [0.25, 0.3) is 11.0 Å². The third kappa shape index (κ3) is 1.23. The normalized spacial score (nSPS) is 11.0.